The minimum atomic E-state index is -1.56. The molecule has 0 radical (unpaired) electrons. The molecule has 0 amide bonds. The minimum absolute atomic E-state index is 0.0414. The number of Topliss-reactive ketones (excluding diaryl/α,β-unsaturated/α-hetero) is 2. The van der Waals surface area contributed by atoms with E-state index in [2.05, 4.69) is 6.58 Å². The number of rotatable bonds is 6. The molecule has 4 heteroatoms. The van der Waals surface area contributed by atoms with Crippen molar-refractivity contribution in [2.45, 2.75) is 26.7 Å². The average molecular weight is 198 g/mol. The Balaban J connectivity index is 4.84. The number of ketones is 2. The molecule has 0 fully saturated rings. The smallest absolute Gasteiger partial charge is 0.322 e. The predicted molar refractivity (Wildman–Crippen MR) is 50.9 cm³/mol. The van der Waals surface area contributed by atoms with E-state index >= 15 is 0 Å². The molecule has 0 heterocycles. The maximum absolute atomic E-state index is 11.4. The van der Waals surface area contributed by atoms with Crippen LogP contribution in [-0.4, -0.2) is 22.6 Å². The van der Waals surface area contributed by atoms with Gasteiger partial charge in [0.05, 0.1) is 0 Å². The van der Waals surface area contributed by atoms with Crippen molar-refractivity contribution in [1.82, 2.24) is 0 Å². The summed E-state index contributed by atoms with van der Waals surface area (Å²) in [6.45, 7) is 6.65. The summed E-state index contributed by atoms with van der Waals surface area (Å²) in [4.78, 5) is 33.3. The molecule has 1 unspecified atom stereocenters. The first-order valence-electron chi connectivity index (χ1n) is 4.43. The zero-order valence-electron chi connectivity index (χ0n) is 8.37. The van der Waals surface area contributed by atoms with Gasteiger partial charge in [-0.2, -0.15) is 0 Å². The van der Waals surface area contributed by atoms with Crippen molar-refractivity contribution in [1.29, 1.82) is 0 Å². The van der Waals surface area contributed by atoms with Gasteiger partial charge >= 0.3 is 5.97 Å². The summed E-state index contributed by atoms with van der Waals surface area (Å²) in [6, 6.07) is 0. The van der Waals surface area contributed by atoms with Crippen molar-refractivity contribution in [3.8, 4) is 0 Å². The third-order valence-corrected chi connectivity index (χ3v) is 1.95. The van der Waals surface area contributed by atoms with Gasteiger partial charge in [0.15, 0.2) is 17.5 Å². The third-order valence-electron chi connectivity index (χ3n) is 1.95. The van der Waals surface area contributed by atoms with E-state index < -0.39 is 23.5 Å². The van der Waals surface area contributed by atoms with E-state index in [1.54, 1.807) is 6.92 Å². The van der Waals surface area contributed by atoms with Crippen molar-refractivity contribution >= 4 is 17.5 Å². The Kier molecular flexibility index (Phi) is 4.77. The second-order valence-corrected chi connectivity index (χ2v) is 2.91. The Morgan fingerprint density at radius 3 is 2.00 bits per heavy atom. The number of hydrogen-bond acceptors (Lipinski definition) is 3. The minimum Gasteiger partial charge on any atom is -0.480 e. The Labute approximate surface area is 82.6 Å². The van der Waals surface area contributed by atoms with Gasteiger partial charge in [-0.05, 0) is 12.0 Å². The van der Waals surface area contributed by atoms with Gasteiger partial charge < -0.3 is 5.11 Å². The number of carbonyl (C=O) groups excluding carboxylic acids is 2. The van der Waals surface area contributed by atoms with Gasteiger partial charge in [0, 0.05) is 6.42 Å². The first kappa shape index (κ1) is 12.6. The quantitative estimate of drug-likeness (QED) is 0.514. The van der Waals surface area contributed by atoms with Gasteiger partial charge in [0.2, 0.25) is 0 Å². The van der Waals surface area contributed by atoms with Crippen LogP contribution in [0.25, 0.3) is 0 Å². The topological polar surface area (TPSA) is 71.4 Å². The maximum atomic E-state index is 11.4. The van der Waals surface area contributed by atoms with E-state index in [-0.39, 0.29) is 12.0 Å². The lowest BCUT2D eigenvalue weighted by atomic mass is 9.92. The molecular weight excluding hydrogens is 184 g/mol. The lowest BCUT2D eigenvalue weighted by molar-refractivity contribution is -0.149. The molecule has 0 aromatic carbocycles. The summed E-state index contributed by atoms with van der Waals surface area (Å²) < 4.78 is 0. The van der Waals surface area contributed by atoms with Crippen LogP contribution < -0.4 is 0 Å². The molecule has 78 valence electrons. The Hall–Kier alpha value is -1.45. The molecule has 1 N–H and O–H groups in total. The number of carbonyl (C=O) groups is 3. The van der Waals surface area contributed by atoms with Crippen LogP contribution >= 0.6 is 0 Å². The van der Waals surface area contributed by atoms with Crippen LogP contribution in [-0.2, 0) is 14.4 Å². The van der Waals surface area contributed by atoms with Crippen LogP contribution in [0.1, 0.15) is 26.7 Å². The predicted octanol–water partition coefficient (Wildman–Crippen LogP) is 1.20. The summed E-state index contributed by atoms with van der Waals surface area (Å²) >= 11 is 0. The average Bonchev–Trinajstić information content (AvgIpc) is 2.15. The number of carboxylic acid groups (broad SMARTS) is 1. The summed E-state index contributed by atoms with van der Waals surface area (Å²) in [5.41, 5.74) is 0.180. The van der Waals surface area contributed by atoms with E-state index in [0.29, 0.717) is 6.42 Å². The largest absolute Gasteiger partial charge is 0.480 e. The molecule has 0 aromatic rings. The van der Waals surface area contributed by atoms with E-state index in [9.17, 15) is 14.4 Å². The Morgan fingerprint density at radius 2 is 1.71 bits per heavy atom. The molecule has 0 saturated carbocycles. The highest BCUT2D eigenvalue weighted by Crippen LogP contribution is 2.11. The molecule has 14 heavy (non-hydrogen) atoms. The van der Waals surface area contributed by atoms with Crippen molar-refractivity contribution < 1.29 is 19.5 Å². The van der Waals surface area contributed by atoms with Crippen LogP contribution in [0.15, 0.2) is 12.2 Å². The number of carboxylic acids is 1. The molecule has 0 rings (SSSR count). The Bertz CT molecular complexity index is 278. The highest BCUT2D eigenvalue weighted by Gasteiger charge is 2.32. The molecule has 0 bridgehead atoms. The molecular formula is C10H14O4. The van der Waals surface area contributed by atoms with Crippen LogP contribution in [0.4, 0.5) is 0 Å². The monoisotopic (exact) mass is 198 g/mol. The Morgan fingerprint density at radius 1 is 1.21 bits per heavy atom. The molecule has 0 aliphatic heterocycles. The van der Waals surface area contributed by atoms with Crippen molar-refractivity contribution in [2.75, 3.05) is 0 Å². The molecule has 1 atom stereocenters. The summed E-state index contributed by atoms with van der Waals surface area (Å²) in [7, 11) is 0. The van der Waals surface area contributed by atoms with Crippen LogP contribution in [0, 0.1) is 5.92 Å². The van der Waals surface area contributed by atoms with E-state index in [1.807, 2.05) is 0 Å². The fraction of sp³-hybridized carbons (Fsp3) is 0.500. The standard InChI is InChI=1S/C10H14O4/c1-4-6(3)9(12)8(10(13)14)7(11)5-2/h8H,3-5H2,1-2H3,(H,13,14). The van der Waals surface area contributed by atoms with Gasteiger partial charge in [-0.15, -0.1) is 0 Å². The zero-order chi connectivity index (χ0) is 11.3. The fourth-order valence-corrected chi connectivity index (χ4v) is 0.979. The first-order chi connectivity index (χ1) is 6.45. The molecule has 0 aliphatic carbocycles. The van der Waals surface area contributed by atoms with Crippen molar-refractivity contribution in [3.63, 3.8) is 0 Å². The third kappa shape index (κ3) is 2.80. The first-order valence-corrected chi connectivity index (χ1v) is 4.43. The molecule has 4 nitrogen and oxygen atoms in total. The van der Waals surface area contributed by atoms with Gasteiger partial charge in [0.25, 0.3) is 0 Å². The number of aliphatic carboxylic acids is 1. The number of hydrogen-bond donors (Lipinski definition) is 1. The highest BCUT2D eigenvalue weighted by atomic mass is 16.4. The molecule has 0 spiro atoms. The summed E-state index contributed by atoms with van der Waals surface area (Å²) in [6.07, 6.45) is 0.402. The summed E-state index contributed by atoms with van der Waals surface area (Å²) in [5, 5.41) is 8.71. The van der Waals surface area contributed by atoms with E-state index in [1.165, 1.54) is 6.92 Å². The second-order valence-electron chi connectivity index (χ2n) is 2.91. The van der Waals surface area contributed by atoms with Crippen LogP contribution in [0.5, 0.6) is 0 Å². The second kappa shape index (κ2) is 5.32. The van der Waals surface area contributed by atoms with Gasteiger partial charge in [0.1, 0.15) is 0 Å². The number of allylic oxidation sites excluding steroid dienone is 1. The summed E-state index contributed by atoms with van der Waals surface area (Å²) in [5.74, 6) is -4.20. The molecule has 0 saturated heterocycles. The molecule has 0 aliphatic rings. The SMILES string of the molecule is C=C(CC)C(=O)C(C(=O)O)C(=O)CC. The zero-order valence-corrected chi connectivity index (χ0v) is 8.37. The lowest BCUT2D eigenvalue weighted by Crippen LogP contribution is -2.32. The highest BCUT2D eigenvalue weighted by molar-refractivity contribution is 6.21. The van der Waals surface area contributed by atoms with Crippen LogP contribution in [0.2, 0.25) is 0 Å². The van der Waals surface area contributed by atoms with Gasteiger partial charge in [-0.25, -0.2) is 0 Å². The van der Waals surface area contributed by atoms with Crippen LogP contribution in [0.3, 0.4) is 0 Å². The maximum Gasteiger partial charge on any atom is 0.322 e. The van der Waals surface area contributed by atoms with Gasteiger partial charge in [-0.3, -0.25) is 14.4 Å². The van der Waals surface area contributed by atoms with Crippen molar-refractivity contribution in [2.24, 2.45) is 5.92 Å². The van der Waals surface area contributed by atoms with Crippen molar-refractivity contribution in [3.05, 3.63) is 12.2 Å². The fourth-order valence-electron chi connectivity index (χ4n) is 0.979. The normalized spacial score (nSPS) is 11.9. The molecule has 0 aromatic heterocycles. The van der Waals surface area contributed by atoms with E-state index in [0.717, 1.165) is 0 Å². The van der Waals surface area contributed by atoms with Gasteiger partial charge in [-0.1, -0.05) is 20.4 Å². The lowest BCUT2D eigenvalue weighted by Gasteiger charge is -2.09. The van der Waals surface area contributed by atoms with E-state index in [4.69, 9.17) is 5.11 Å².